The van der Waals surface area contributed by atoms with Crippen LogP contribution in [0.3, 0.4) is 0 Å². The first-order chi connectivity index (χ1) is 9.55. The van der Waals surface area contributed by atoms with E-state index >= 15 is 0 Å². The predicted octanol–water partition coefficient (Wildman–Crippen LogP) is 2.19. The highest BCUT2D eigenvalue weighted by Crippen LogP contribution is 2.43. The molecule has 0 spiro atoms. The molecule has 0 radical (unpaired) electrons. The normalized spacial score (nSPS) is 34.8. The summed E-state index contributed by atoms with van der Waals surface area (Å²) >= 11 is 0. The quantitative estimate of drug-likeness (QED) is 0.553. The highest BCUT2D eigenvalue weighted by atomic mass is 16.8. The number of esters is 1. The summed E-state index contributed by atoms with van der Waals surface area (Å²) in [4.78, 5) is 11.0. The molecular formula is C15H24O5. The van der Waals surface area contributed by atoms with Gasteiger partial charge in [-0.25, -0.2) is 0 Å². The van der Waals surface area contributed by atoms with Crippen LogP contribution in [-0.2, 0) is 23.7 Å². The van der Waals surface area contributed by atoms with Gasteiger partial charge in [-0.15, -0.1) is 6.58 Å². The highest BCUT2D eigenvalue weighted by Gasteiger charge is 2.56. The van der Waals surface area contributed by atoms with Crippen LogP contribution in [0.4, 0.5) is 0 Å². The lowest BCUT2D eigenvalue weighted by atomic mass is 10.1. The maximum absolute atomic E-state index is 11.0. The van der Waals surface area contributed by atoms with Gasteiger partial charge in [0.1, 0.15) is 24.9 Å². The molecule has 0 amide bonds. The first-order valence-electron chi connectivity index (χ1n) is 7.30. The van der Waals surface area contributed by atoms with E-state index in [1.54, 1.807) is 0 Å². The van der Waals surface area contributed by atoms with E-state index in [-0.39, 0.29) is 37.0 Å². The van der Waals surface area contributed by atoms with Crippen LogP contribution < -0.4 is 0 Å². The summed E-state index contributed by atoms with van der Waals surface area (Å²) in [6.45, 7) is 9.45. The third-order valence-electron chi connectivity index (χ3n) is 4.04. The van der Waals surface area contributed by atoms with E-state index in [9.17, 15) is 4.79 Å². The Morgan fingerprint density at radius 3 is 2.35 bits per heavy atom. The van der Waals surface area contributed by atoms with Crippen molar-refractivity contribution in [2.24, 2.45) is 0 Å². The number of fused-ring (bicyclic) bond motifs is 1. The van der Waals surface area contributed by atoms with Gasteiger partial charge in [-0.05, 0) is 19.3 Å². The van der Waals surface area contributed by atoms with E-state index in [1.807, 2.05) is 6.08 Å². The smallest absolute Gasteiger partial charge is 0.302 e. The van der Waals surface area contributed by atoms with Crippen LogP contribution >= 0.6 is 0 Å². The Morgan fingerprint density at radius 1 is 1.25 bits per heavy atom. The molecule has 4 atom stereocenters. The van der Waals surface area contributed by atoms with E-state index in [2.05, 4.69) is 20.4 Å². The van der Waals surface area contributed by atoms with Crippen molar-refractivity contribution in [2.45, 2.75) is 70.2 Å². The van der Waals surface area contributed by atoms with Crippen LogP contribution in [0.15, 0.2) is 12.7 Å². The van der Waals surface area contributed by atoms with Crippen LogP contribution in [-0.4, -0.2) is 42.8 Å². The molecule has 2 rings (SSSR count). The van der Waals surface area contributed by atoms with Gasteiger partial charge in [0, 0.05) is 6.92 Å². The van der Waals surface area contributed by atoms with Crippen LogP contribution in [0.5, 0.6) is 0 Å². The maximum Gasteiger partial charge on any atom is 0.302 e. The molecule has 2 heterocycles. The lowest BCUT2D eigenvalue weighted by molar-refractivity contribution is -0.215. The van der Waals surface area contributed by atoms with Crippen LogP contribution in [0.1, 0.15) is 40.0 Å². The summed E-state index contributed by atoms with van der Waals surface area (Å²) < 4.78 is 23.2. The molecule has 5 heteroatoms. The van der Waals surface area contributed by atoms with Crippen molar-refractivity contribution in [3.8, 4) is 0 Å². The molecule has 2 aliphatic heterocycles. The van der Waals surface area contributed by atoms with Gasteiger partial charge in [0.2, 0.25) is 0 Å². The molecule has 4 unspecified atom stereocenters. The Labute approximate surface area is 120 Å². The number of rotatable bonds is 6. The van der Waals surface area contributed by atoms with Gasteiger partial charge in [-0.2, -0.15) is 0 Å². The van der Waals surface area contributed by atoms with Crippen molar-refractivity contribution in [1.29, 1.82) is 0 Å². The minimum absolute atomic E-state index is 0.0852. The molecule has 0 aliphatic carbocycles. The Hall–Kier alpha value is -0.910. The molecule has 2 fully saturated rings. The van der Waals surface area contributed by atoms with Gasteiger partial charge in [0.25, 0.3) is 0 Å². The third-order valence-corrected chi connectivity index (χ3v) is 4.04. The molecular weight excluding hydrogens is 260 g/mol. The predicted molar refractivity (Wildman–Crippen MR) is 73.2 cm³/mol. The van der Waals surface area contributed by atoms with Crippen molar-refractivity contribution in [3.05, 3.63) is 12.7 Å². The Balaban J connectivity index is 2.09. The fourth-order valence-electron chi connectivity index (χ4n) is 2.88. The highest BCUT2D eigenvalue weighted by molar-refractivity contribution is 5.65. The van der Waals surface area contributed by atoms with Crippen molar-refractivity contribution in [2.75, 3.05) is 6.61 Å². The Bertz CT molecular complexity index is 363. The minimum Gasteiger partial charge on any atom is -0.463 e. The number of carbonyl (C=O) groups is 1. The van der Waals surface area contributed by atoms with Gasteiger partial charge in [-0.1, -0.05) is 19.9 Å². The van der Waals surface area contributed by atoms with Gasteiger partial charge < -0.3 is 18.9 Å². The molecule has 2 aliphatic rings. The van der Waals surface area contributed by atoms with Crippen LogP contribution in [0.2, 0.25) is 0 Å². The van der Waals surface area contributed by atoms with Crippen LogP contribution in [0.25, 0.3) is 0 Å². The molecule has 0 aromatic carbocycles. The number of carbonyl (C=O) groups excluding carboxylic acids is 1. The number of hydrogen-bond donors (Lipinski definition) is 0. The summed E-state index contributed by atoms with van der Waals surface area (Å²) in [6.07, 6.45) is 3.44. The average molecular weight is 284 g/mol. The average Bonchev–Trinajstić information content (AvgIpc) is 2.95. The largest absolute Gasteiger partial charge is 0.463 e. The number of ether oxygens (including phenoxy) is 4. The SMILES string of the molecule is C=CCC1OC(COC(C)=O)C2OC(CC)(CC)OC12. The van der Waals surface area contributed by atoms with Crippen molar-refractivity contribution in [1.82, 2.24) is 0 Å². The lowest BCUT2D eigenvalue weighted by Crippen LogP contribution is -2.35. The first kappa shape index (κ1) is 15.5. The molecule has 5 nitrogen and oxygen atoms in total. The zero-order chi connectivity index (χ0) is 14.8. The summed E-state index contributed by atoms with van der Waals surface area (Å²) in [5.41, 5.74) is 0. The summed E-state index contributed by atoms with van der Waals surface area (Å²) in [5, 5.41) is 0. The van der Waals surface area contributed by atoms with E-state index in [0.717, 1.165) is 12.8 Å². The second kappa shape index (κ2) is 6.24. The molecule has 20 heavy (non-hydrogen) atoms. The molecule has 0 N–H and O–H groups in total. The molecule has 2 saturated heterocycles. The van der Waals surface area contributed by atoms with Crippen molar-refractivity contribution >= 4 is 5.97 Å². The van der Waals surface area contributed by atoms with Gasteiger partial charge in [0.05, 0.1) is 6.10 Å². The third kappa shape index (κ3) is 2.90. The zero-order valence-corrected chi connectivity index (χ0v) is 12.5. The van der Waals surface area contributed by atoms with Crippen molar-refractivity contribution in [3.63, 3.8) is 0 Å². The second-order valence-corrected chi connectivity index (χ2v) is 5.32. The molecule has 0 bridgehead atoms. The van der Waals surface area contributed by atoms with Gasteiger partial charge in [0.15, 0.2) is 5.79 Å². The summed E-state index contributed by atoms with van der Waals surface area (Å²) in [7, 11) is 0. The lowest BCUT2D eigenvalue weighted by Gasteiger charge is -2.28. The molecule has 0 aromatic rings. The van der Waals surface area contributed by atoms with Gasteiger partial charge >= 0.3 is 5.97 Å². The molecule has 0 saturated carbocycles. The van der Waals surface area contributed by atoms with E-state index in [1.165, 1.54) is 6.92 Å². The van der Waals surface area contributed by atoms with E-state index in [4.69, 9.17) is 18.9 Å². The summed E-state index contributed by atoms with van der Waals surface area (Å²) in [6, 6.07) is 0. The molecule has 114 valence electrons. The fraction of sp³-hybridized carbons (Fsp3) is 0.800. The van der Waals surface area contributed by atoms with Crippen molar-refractivity contribution < 1.29 is 23.7 Å². The maximum atomic E-state index is 11.0. The zero-order valence-electron chi connectivity index (χ0n) is 12.5. The topological polar surface area (TPSA) is 54.0 Å². The van der Waals surface area contributed by atoms with E-state index < -0.39 is 5.79 Å². The summed E-state index contributed by atoms with van der Waals surface area (Å²) in [5.74, 6) is -0.846. The second-order valence-electron chi connectivity index (χ2n) is 5.32. The minimum atomic E-state index is -0.535. The van der Waals surface area contributed by atoms with E-state index in [0.29, 0.717) is 6.42 Å². The Kier molecular flexibility index (Phi) is 4.83. The first-order valence-corrected chi connectivity index (χ1v) is 7.30. The standard InChI is InChI=1S/C15H24O5/c1-5-8-11-13-14(12(18-11)9-17-10(4)16)20-15(6-2,7-3)19-13/h5,11-14H,1,6-9H2,2-4H3. The molecule has 0 aromatic heterocycles. The van der Waals surface area contributed by atoms with Crippen LogP contribution in [0, 0.1) is 0 Å². The fourth-order valence-corrected chi connectivity index (χ4v) is 2.88. The monoisotopic (exact) mass is 284 g/mol. The van der Waals surface area contributed by atoms with Gasteiger partial charge in [-0.3, -0.25) is 4.79 Å². The Morgan fingerprint density at radius 2 is 1.85 bits per heavy atom. The number of hydrogen-bond acceptors (Lipinski definition) is 5.